The monoisotopic (exact) mass is 291 g/mol. The fourth-order valence-corrected chi connectivity index (χ4v) is 2.60. The number of fused-ring (bicyclic) bond motifs is 1. The summed E-state index contributed by atoms with van der Waals surface area (Å²) in [6.45, 7) is 0.669. The third-order valence-corrected chi connectivity index (χ3v) is 3.70. The molecule has 0 unspecified atom stereocenters. The van der Waals surface area contributed by atoms with Gasteiger partial charge in [-0.1, -0.05) is 24.3 Å². The van der Waals surface area contributed by atoms with Crippen LogP contribution in [0.15, 0.2) is 48.5 Å². The largest absolute Gasteiger partial charge is 0.497 e. The molecule has 4 heteroatoms. The molecule has 3 rings (SSSR count). The van der Waals surface area contributed by atoms with Crippen LogP contribution in [-0.2, 0) is 13.0 Å². The Labute approximate surface area is 129 Å². The minimum atomic E-state index is 0.482. The summed E-state index contributed by atoms with van der Waals surface area (Å²) in [5.74, 6) is 1.84. The van der Waals surface area contributed by atoms with Gasteiger partial charge in [-0.05, 0) is 29.8 Å². The van der Waals surface area contributed by atoms with Crippen molar-refractivity contribution in [1.82, 2.24) is 9.55 Å². The number of hydrogen-bond donors (Lipinski definition) is 0. The minimum Gasteiger partial charge on any atom is -0.497 e. The molecule has 1 aromatic heterocycles. The van der Waals surface area contributed by atoms with Gasteiger partial charge < -0.3 is 9.30 Å². The van der Waals surface area contributed by atoms with Crippen molar-refractivity contribution in [1.29, 1.82) is 5.26 Å². The molecular formula is C18H17N3O. The van der Waals surface area contributed by atoms with E-state index < -0.39 is 0 Å². The van der Waals surface area contributed by atoms with Crippen molar-refractivity contribution in [2.24, 2.45) is 0 Å². The quantitative estimate of drug-likeness (QED) is 0.722. The molecule has 0 aliphatic heterocycles. The maximum atomic E-state index is 8.88. The number of nitrogens with zero attached hydrogens (tertiary/aromatic N) is 3. The van der Waals surface area contributed by atoms with Gasteiger partial charge >= 0.3 is 0 Å². The number of rotatable bonds is 5. The van der Waals surface area contributed by atoms with Crippen molar-refractivity contribution in [2.45, 2.75) is 19.4 Å². The van der Waals surface area contributed by atoms with Gasteiger partial charge in [-0.15, -0.1) is 0 Å². The lowest BCUT2D eigenvalue weighted by Crippen LogP contribution is -2.04. The van der Waals surface area contributed by atoms with Crippen LogP contribution in [0.4, 0.5) is 0 Å². The van der Waals surface area contributed by atoms with E-state index in [1.165, 1.54) is 5.56 Å². The first kappa shape index (κ1) is 14.2. The summed E-state index contributed by atoms with van der Waals surface area (Å²) in [7, 11) is 1.66. The Kier molecular flexibility index (Phi) is 4.06. The van der Waals surface area contributed by atoms with Gasteiger partial charge in [0.05, 0.1) is 30.6 Å². The standard InChI is InChI=1S/C18H17N3O/c1-22-15-9-7-14(8-10-15)13-18-20-16-5-2-3-6-17(16)21(18)12-4-11-19/h2-3,5-10H,4,12-13H2,1H3. The second-order valence-corrected chi connectivity index (χ2v) is 5.10. The summed E-state index contributed by atoms with van der Waals surface area (Å²) in [6, 6.07) is 18.3. The molecule has 3 aromatic rings. The molecule has 22 heavy (non-hydrogen) atoms. The van der Waals surface area contributed by atoms with Crippen LogP contribution in [0.3, 0.4) is 0 Å². The number of imidazole rings is 1. The number of nitriles is 1. The lowest BCUT2D eigenvalue weighted by atomic mass is 10.1. The normalized spacial score (nSPS) is 10.5. The Morgan fingerprint density at radius 1 is 1.14 bits per heavy atom. The molecule has 110 valence electrons. The maximum Gasteiger partial charge on any atom is 0.118 e. The molecule has 0 saturated carbocycles. The predicted octanol–water partition coefficient (Wildman–Crippen LogP) is 3.55. The number of ether oxygens (including phenoxy) is 1. The highest BCUT2D eigenvalue weighted by Gasteiger charge is 2.10. The maximum absolute atomic E-state index is 8.88. The highest BCUT2D eigenvalue weighted by atomic mass is 16.5. The molecule has 0 saturated heterocycles. The van der Waals surface area contributed by atoms with Crippen LogP contribution in [0.2, 0.25) is 0 Å². The predicted molar refractivity (Wildman–Crippen MR) is 85.8 cm³/mol. The van der Waals surface area contributed by atoms with Crippen LogP contribution in [0, 0.1) is 11.3 Å². The summed E-state index contributed by atoms with van der Waals surface area (Å²) in [5, 5.41) is 8.88. The first-order chi connectivity index (χ1) is 10.8. The number of methoxy groups -OCH3 is 1. The molecule has 2 aromatic carbocycles. The molecule has 0 fully saturated rings. The molecule has 0 bridgehead atoms. The molecule has 0 spiro atoms. The molecule has 0 aliphatic rings. The van der Waals surface area contributed by atoms with Crippen LogP contribution in [0.25, 0.3) is 11.0 Å². The van der Waals surface area contributed by atoms with Gasteiger partial charge in [0, 0.05) is 13.0 Å². The topological polar surface area (TPSA) is 50.8 Å². The lowest BCUT2D eigenvalue weighted by molar-refractivity contribution is 0.414. The second-order valence-electron chi connectivity index (χ2n) is 5.10. The number of para-hydroxylation sites is 2. The molecule has 0 amide bonds. The van der Waals surface area contributed by atoms with Gasteiger partial charge in [-0.3, -0.25) is 0 Å². The average molecular weight is 291 g/mol. The van der Waals surface area contributed by atoms with E-state index in [1.54, 1.807) is 7.11 Å². The lowest BCUT2D eigenvalue weighted by Gasteiger charge is -2.08. The fourth-order valence-electron chi connectivity index (χ4n) is 2.60. The van der Waals surface area contributed by atoms with Crippen molar-refractivity contribution in [2.75, 3.05) is 7.11 Å². The van der Waals surface area contributed by atoms with E-state index in [2.05, 4.69) is 16.7 Å². The van der Waals surface area contributed by atoms with Gasteiger partial charge in [0.2, 0.25) is 0 Å². The third kappa shape index (κ3) is 2.79. The zero-order valence-corrected chi connectivity index (χ0v) is 12.5. The van der Waals surface area contributed by atoms with E-state index in [-0.39, 0.29) is 0 Å². The molecule has 0 aliphatic carbocycles. The van der Waals surface area contributed by atoms with Crippen LogP contribution < -0.4 is 4.74 Å². The van der Waals surface area contributed by atoms with Gasteiger partial charge in [0.25, 0.3) is 0 Å². The highest BCUT2D eigenvalue weighted by Crippen LogP contribution is 2.20. The summed E-state index contributed by atoms with van der Waals surface area (Å²) in [4.78, 5) is 4.73. The second kappa shape index (κ2) is 6.31. The Morgan fingerprint density at radius 2 is 1.91 bits per heavy atom. The Bertz CT molecular complexity index is 812. The smallest absolute Gasteiger partial charge is 0.118 e. The third-order valence-electron chi connectivity index (χ3n) is 3.70. The molecule has 0 atom stereocenters. The van der Waals surface area contributed by atoms with Crippen molar-refractivity contribution >= 4 is 11.0 Å². The fraction of sp³-hybridized carbons (Fsp3) is 0.222. The van der Waals surface area contributed by atoms with Gasteiger partial charge in [0.1, 0.15) is 11.6 Å². The van der Waals surface area contributed by atoms with Crippen molar-refractivity contribution in [3.63, 3.8) is 0 Å². The summed E-state index contributed by atoms with van der Waals surface area (Å²) < 4.78 is 7.33. The van der Waals surface area contributed by atoms with E-state index >= 15 is 0 Å². The Hall–Kier alpha value is -2.80. The van der Waals surface area contributed by atoms with E-state index in [9.17, 15) is 0 Å². The van der Waals surface area contributed by atoms with Gasteiger partial charge in [-0.2, -0.15) is 5.26 Å². The summed E-state index contributed by atoms with van der Waals surface area (Å²) in [6.07, 6.45) is 1.22. The number of hydrogen-bond acceptors (Lipinski definition) is 3. The van der Waals surface area contributed by atoms with E-state index in [0.29, 0.717) is 13.0 Å². The zero-order chi connectivity index (χ0) is 15.4. The van der Waals surface area contributed by atoms with Crippen molar-refractivity contribution in [3.05, 3.63) is 59.9 Å². The first-order valence-electron chi connectivity index (χ1n) is 7.26. The Balaban J connectivity index is 1.96. The molecule has 0 radical (unpaired) electrons. The molecular weight excluding hydrogens is 274 g/mol. The summed E-state index contributed by atoms with van der Waals surface area (Å²) in [5.41, 5.74) is 3.24. The molecule has 0 N–H and O–H groups in total. The number of aryl methyl sites for hydroxylation is 1. The number of benzene rings is 2. The van der Waals surface area contributed by atoms with Crippen molar-refractivity contribution < 1.29 is 4.74 Å². The number of aromatic nitrogens is 2. The van der Waals surface area contributed by atoms with Crippen LogP contribution in [0.5, 0.6) is 5.75 Å². The van der Waals surface area contributed by atoms with Crippen LogP contribution in [-0.4, -0.2) is 16.7 Å². The van der Waals surface area contributed by atoms with Gasteiger partial charge in [-0.25, -0.2) is 4.98 Å². The van der Waals surface area contributed by atoms with Crippen molar-refractivity contribution in [3.8, 4) is 11.8 Å². The summed E-state index contributed by atoms with van der Waals surface area (Å²) >= 11 is 0. The highest BCUT2D eigenvalue weighted by molar-refractivity contribution is 5.76. The van der Waals surface area contributed by atoms with E-state index in [4.69, 9.17) is 15.0 Å². The first-order valence-corrected chi connectivity index (χ1v) is 7.26. The Morgan fingerprint density at radius 3 is 2.64 bits per heavy atom. The minimum absolute atomic E-state index is 0.482. The van der Waals surface area contributed by atoms with E-state index in [1.807, 2.05) is 42.5 Å². The zero-order valence-electron chi connectivity index (χ0n) is 12.5. The average Bonchev–Trinajstić information content (AvgIpc) is 2.91. The molecule has 4 nitrogen and oxygen atoms in total. The SMILES string of the molecule is COc1ccc(Cc2nc3ccccc3n2CCC#N)cc1. The van der Waals surface area contributed by atoms with Crippen LogP contribution in [0.1, 0.15) is 17.8 Å². The van der Waals surface area contributed by atoms with Gasteiger partial charge in [0.15, 0.2) is 0 Å². The van der Waals surface area contributed by atoms with E-state index in [0.717, 1.165) is 29.0 Å². The van der Waals surface area contributed by atoms with Crippen LogP contribution >= 0.6 is 0 Å². The molecule has 1 heterocycles.